The molecule has 0 aliphatic rings. The minimum absolute atomic E-state index is 0.164. The van der Waals surface area contributed by atoms with Gasteiger partial charge in [0, 0.05) is 54.5 Å². The Morgan fingerprint density at radius 2 is 0.851 bits per heavy atom. The summed E-state index contributed by atoms with van der Waals surface area (Å²) >= 11 is 0. The molecular weight excluding hydrogens is 1020 g/mol. The molecule has 6 rings (SSSR count). The second-order valence-corrected chi connectivity index (χ2v) is 15.9. The van der Waals surface area contributed by atoms with E-state index >= 15 is 0 Å². The fraction of sp³-hybridized carbons (Fsp3) is 0.280. The van der Waals surface area contributed by atoms with E-state index in [2.05, 4.69) is 14.8 Å². The maximum Gasteiger partial charge on any atom is 0.461 e. The van der Waals surface area contributed by atoms with Crippen LogP contribution in [0.4, 0.5) is 84.2 Å². The summed E-state index contributed by atoms with van der Waals surface area (Å²) < 4.78 is 202. The summed E-state index contributed by atoms with van der Waals surface area (Å²) in [5.74, 6) is 0.233. The molecule has 74 heavy (non-hydrogen) atoms. The highest BCUT2D eigenvalue weighted by molar-refractivity contribution is 5.55. The maximum absolute atomic E-state index is 13.3. The van der Waals surface area contributed by atoms with Crippen LogP contribution in [0.3, 0.4) is 0 Å². The van der Waals surface area contributed by atoms with Gasteiger partial charge < -0.3 is 50.0 Å². The van der Waals surface area contributed by atoms with Gasteiger partial charge in [0.2, 0.25) is 0 Å². The van der Waals surface area contributed by atoms with Crippen LogP contribution in [0.5, 0.6) is 34.5 Å². The predicted octanol–water partition coefficient (Wildman–Crippen LogP) is 13.3. The molecule has 0 aliphatic carbocycles. The lowest BCUT2D eigenvalue weighted by Gasteiger charge is -2.29. The Morgan fingerprint density at radius 1 is 0.486 bits per heavy atom. The quantitative estimate of drug-likeness (QED) is 0.0386. The average Bonchev–Trinajstić information content (AvgIpc) is 3.32. The third-order valence-corrected chi connectivity index (χ3v) is 10.1. The lowest BCUT2D eigenvalue weighted by atomic mass is 10.1. The van der Waals surface area contributed by atoms with Crippen molar-refractivity contribution in [2.45, 2.75) is 69.6 Å². The van der Waals surface area contributed by atoms with Crippen molar-refractivity contribution >= 4 is 22.7 Å². The van der Waals surface area contributed by atoms with Gasteiger partial charge in [-0.25, -0.2) is 0 Å². The zero-order valence-electron chi connectivity index (χ0n) is 38.5. The lowest BCUT2D eigenvalue weighted by Crippen LogP contribution is -2.40. The summed E-state index contributed by atoms with van der Waals surface area (Å²) in [6.07, 6.45) is -33.0. The molecule has 0 fully saturated rings. The van der Waals surface area contributed by atoms with Gasteiger partial charge in [0.05, 0.1) is 13.1 Å². The molecule has 2 unspecified atom stereocenters. The molecular formula is C50H46F14N4O6. The van der Waals surface area contributed by atoms with E-state index < -0.39 is 74.2 Å². The predicted molar refractivity (Wildman–Crippen MR) is 247 cm³/mol. The van der Waals surface area contributed by atoms with Gasteiger partial charge in [0.25, 0.3) is 0 Å². The number of halogens is 14. The topological polar surface area (TPSA) is 122 Å². The molecule has 24 heteroatoms. The number of alkyl halides is 14. The van der Waals surface area contributed by atoms with Crippen molar-refractivity contribution in [3.8, 4) is 34.5 Å². The second-order valence-electron chi connectivity index (χ2n) is 15.9. The monoisotopic (exact) mass is 1060 g/mol. The van der Waals surface area contributed by atoms with Gasteiger partial charge in [-0.1, -0.05) is 36.4 Å². The first kappa shape index (κ1) is 57.6. The van der Waals surface area contributed by atoms with Crippen LogP contribution in [-0.4, -0.2) is 79.5 Å². The van der Waals surface area contributed by atoms with Gasteiger partial charge in [-0.3, -0.25) is 0 Å². The molecule has 6 aromatic carbocycles. The van der Waals surface area contributed by atoms with Crippen LogP contribution in [0.15, 0.2) is 146 Å². The van der Waals surface area contributed by atoms with E-state index in [1.807, 2.05) is 6.92 Å². The van der Waals surface area contributed by atoms with Crippen molar-refractivity contribution in [3.63, 3.8) is 0 Å². The van der Waals surface area contributed by atoms with Gasteiger partial charge in [-0.15, -0.1) is 0 Å². The first-order valence-corrected chi connectivity index (χ1v) is 21.8. The molecule has 10 nitrogen and oxygen atoms in total. The van der Waals surface area contributed by atoms with Crippen molar-refractivity contribution in [2.75, 3.05) is 40.5 Å². The summed E-state index contributed by atoms with van der Waals surface area (Å²) in [5.41, 5.74) is 7.77. The highest BCUT2D eigenvalue weighted by atomic mass is 19.4. The maximum atomic E-state index is 13.3. The van der Waals surface area contributed by atoms with E-state index in [0.717, 1.165) is 46.3 Å². The van der Waals surface area contributed by atoms with Gasteiger partial charge in [-0.05, 0) is 115 Å². The van der Waals surface area contributed by atoms with Crippen molar-refractivity contribution in [2.24, 2.45) is 0 Å². The molecule has 0 saturated heterocycles. The Labute approximate surface area is 414 Å². The number of hydrogen-bond acceptors (Lipinski definition) is 10. The molecule has 5 N–H and O–H groups in total. The van der Waals surface area contributed by atoms with Crippen LogP contribution in [-0.2, 0) is 13.1 Å². The molecule has 2 atom stereocenters. The summed E-state index contributed by atoms with van der Waals surface area (Å²) in [5, 5.41) is 22.5. The standard InChI is InChI=1S/C26H25F7N2O3.C24H21F7N2O3/c1-2-34-18-9-11-20(12-10-18)37-21-7-4-6-19(14-21)35(16-23(36)25(29,30)31)15-17-5-3-8-22(13-17)38-26(32,33)24(27)28;25-22(26)24(30,31)36-20-6-1-3-15(11-20)13-33(14-21(34)23(27,28)29)17-4-2-5-19(12-17)35-18-9-7-16(32)8-10-18/h3-14,23-24,34,36H,2,15-16H2,1H3;1-12,21-22,34H,13-14,32H2. The van der Waals surface area contributed by atoms with Crippen molar-refractivity contribution in [3.05, 3.63) is 157 Å². The Kier molecular flexibility index (Phi) is 19.5. The molecule has 0 spiro atoms. The Hall–Kier alpha value is -7.34. The minimum atomic E-state index is -4.93. The van der Waals surface area contributed by atoms with E-state index in [1.54, 1.807) is 60.7 Å². The molecule has 0 saturated carbocycles. The Bertz CT molecular complexity index is 2680. The normalized spacial score (nSPS) is 12.9. The van der Waals surface area contributed by atoms with Crippen LogP contribution in [0.25, 0.3) is 0 Å². The van der Waals surface area contributed by atoms with Crippen LogP contribution >= 0.6 is 0 Å². The smallest absolute Gasteiger partial charge is 0.457 e. The van der Waals surface area contributed by atoms with Crippen molar-refractivity contribution in [1.82, 2.24) is 0 Å². The fourth-order valence-corrected chi connectivity index (χ4v) is 6.55. The largest absolute Gasteiger partial charge is 0.461 e. The molecule has 0 radical (unpaired) electrons. The molecule has 400 valence electrons. The number of nitrogens with one attached hydrogen (secondary N) is 1. The van der Waals surface area contributed by atoms with Crippen LogP contribution in [0.2, 0.25) is 0 Å². The molecule has 0 aliphatic heterocycles. The first-order chi connectivity index (χ1) is 34.7. The third-order valence-electron chi connectivity index (χ3n) is 10.1. The van der Waals surface area contributed by atoms with Gasteiger partial charge in [-0.2, -0.15) is 61.5 Å². The molecule has 0 heterocycles. The zero-order chi connectivity index (χ0) is 54.4. The molecule has 0 aromatic heterocycles. The number of ether oxygens (including phenoxy) is 4. The number of nitrogens with zero attached hydrogens (tertiary/aromatic N) is 2. The van der Waals surface area contributed by atoms with Gasteiger partial charge >= 0.3 is 37.4 Å². The number of aliphatic hydroxyl groups excluding tert-OH is 2. The van der Waals surface area contributed by atoms with Crippen LogP contribution in [0, 0.1) is 0 Å². The zero-order valence-corrected chi connectivity index (χ0v) is 38.5. The van der Waals surface area contributed by atoms with Gasteiger partial charge in [0.1, 0.15) is 34.5 Å². The average molecular weight is 1060 g/mol. The number of rotatable bonds is 22. The number of benzene rings is 6. The van der Waals surface area contributed by atoms with Crippen LogP contribution in [0.1, 0.15) is 18.1 Å². The van der Waals surface area contributed by atoms with E-state index in [4.69, 9.17) is 15.2 Å². The van der Waals surface area contributed by atoms with Crippen LogP contribution < -0.4 is 39.8 Å². The van der Waals surface area contributed by atoms with Crippen molar-refractivity contribution in [1.29, 1.82) is 0 Å². The number of aliphatic hydroxyl groups is 2. The number of nitrogens with two attached hydrogens (primary N) is 1. The van der Waals surface area contributed by atoms with E-state index in [1.165, 1.54) is 60.7 Å². The first-order valence-electron chi connectivity index (χ1n) is 21.8. The SMILES string of the molecule is CCNc1ccc(Oc2cccc(N(Cc3cccc(OC(F)(F)C(F)F)c3)CC(O)C(F)(F)F)c2)cc1.Nc1ccc(Oc2cccc(N(Cc3cccc(OC(F)(F)C(F)F)c3)CC(O)C(F)(F)F)c2)cc1. The van der Waals surface area contributed by atoms with E-state index in [-0.39, 0.29) is 41.3 Å². The highest BCUT2D eigenvalue weighted by Gasteiger charge is 2.45. The van der Waals surface area contributed by atoms with Gasteiger partial charge in [0.15, 0.2) is 12.2 Å². The summed E-state index contributed by atoms with van der Waals surface area (Å²) in [7, 11) is 0. The Morgan fingerprint density at radius 3 is 1.22 bits per heavy atom. The second kappa shape index (κ2) is 25.1. The molecule has 0 amide bonds. The molecule has 6 aromatic rings. The summed E-state index contributed by atoms with van der Waals surface area (Å²) in [4.78, 5) is 2.29. The summed E-state index contributed by atoms with van der Waals surface area (Å²) in [6.45, 7) is 0.252. The van der Waals surface area contributed by atoms with E-state index in [0.29, 0.717) is 22.9 Å². The summed E-state index contributed by atoms with van der Waals surface area (Å²) in [6, 6.07) is 34.6. The molecule has 0 bridgehead atoms. The fourth-order valence-electron chi connectivity index (χ4n) is 6.55. The minimum Gasteiger partial charge on any atom is -0.457 e. The highest BCUT2D eigenvalue weighted by Crippen LogP contribution is 2.34. The Balaban J connectivity index is 0.000000274. The van der Waals surface area contributed by atoms with E-state index in [9.17, 15) is 71.7 Å². The number of hydrogen-bond donors (Lipinski definition) is 4. The lowest BCUT2D eigenvalue weighted by molar-refractivity contribution is -0.253. The van der Waals surface area contributed by atoms with Crippen molar-refractivity contribution < 1.29 is 90.6 Å². The number of nitrogen functional groups attached to an aromatic ring is 1. The number of anilines is 4. The third kappa shape index (κ3) is 17.7.